The first kappa shape index (κ1) is 25.8. The summed E-state index contributed by atoms with van der Waals surface area (Å²) in [6, 6.07) is 16.0. The summed E-state index contributed by atoms with van der Waals surface area (Å²) < 4.78 is 74.8. The number of benzene rings is 3. The van der Waals surface area contributed by atoms with E-state index in [1.807, 2.05) is 0 Å². The Bertz CT molecular complexity index is 1290. The average molecular weight is 510 g/mol. The molecule has 0 unspecified atom stereocenters. The van der Waals surface area contributed by atoms with Crippen molar-refractivity contribution in [1.29, 1.82) is 0 Å². The van der Waals surface area contributed by atoms with Gasteiger partial charge in [0.05, 0.1) is 12.3 Å². The Kier molecular flexibility index (Phi) is 7.87. The number of nitrogens with two attached hydrogens (primary N) is 1. The second-order valence-electron chi connectivity index (χ2n) is 7.15. The molecule has 0 fully saturated rings. The molecule has 0 spiro atoms. The summed E-state index contributed by atoms with van der Waals surface area (Å²) in [5, 5.41) is 2.61. The Morgan fingerprint density at radius 2 is 1.71 bits per heavy atom. The molecule has 0 aliphatic heterocycles. The fourth-order valence-corrected chi connectivity index (χ4v) is 4.25. The zero-order valence-corrected chi connectivity index (χ0v) is 19.2. The highest BCUT2D eigenvalue weighted by molar-refractivity contribution is 7.92. The average Bonchev–Trinajstić information content (AvgIpc) is 2.78. The number of rotatable bonds is 9. The van der Waals surface area contributed by atoms with Crippen molar-refractivity contribution in [1.82, 2.24) is 0 Å². The molecule has 0 aromatic heterocycles. The number of alkyl halides is 3. The Balaban J connectivity index is 1.82. The molecule has 0 radical (unpaired) electrons. The van der Waals surface area contributed by atoms with Gasteiger partial charge in [-0.2, -0.15) is 0 Å². The van der Waals surface area contributed by atoms with Crippen molar-refractivity contribution in [3.63, 3.8) is 0 Å². The van der Waals surface area contributed by atoms with E-state index in [-0.39, 0.29) is 28.6 Å². The fourth-order valence-electron chi connectivity index (χ4n) is 3.07. The lowest BCUT2D eigenvalue weighted by Gasteiger charge is -2.16. The van der Waals surface area contributed by atoms with Crippen LogP contribution in [0.1, 0.15) is 18.5 Å². The number of hydrogen-bond donors (Lipinski definition) is 3. The van der Waals surface area contributed by atoms with Crippen LogP contribution in [0.15, 0.2) is 77.7 Å². The molecule has 3 aromatic carbocycles. The van der Waals surface area contributed by atoms with Crippen molar-refractivity contribution in [2.24, 2.45) is 5.73 Å². The monoisotopic (exact) mass is 509 g/mol. The predicted molar refractivity (Wildman–Crippen MR) is 124 cm³/mol. The number of ether oxygens (including phenoxy) is 2. The Morgan fingerprint density at radius 1 is 1.00 bits per heavy atom. The maximum absolute atomic E-state index is 13.0. The Labute approximate surface area is 199 Å². The summed E-state index contributed by atoms with van der Waals surface area (Å²) in [6.07, 6.45) is -4.93. The number of carbonyl (C=O) groups excluding carboxylic acids is 1. The smallest absolute Gasteiger partial charge is 0.492 e. The predicted octanol–water partition coefficient (Wildman–Crippen LogP) is 4.42. The maximum Gasteiger partial charge on any atom is 0.573 e. The van der Waals surface area contributed by atoms with E-state index in [2.05, 4.69) is 14.8 Å². The highest BCUT2D eigenvalue weighted by Gasteiger charge is 2.31. The zero-order valence-electron chi connectivity index (χ0n) is 18.4. The molecule has 0 heterocycles. The molecule has 35 heavy (non-hydrogen) atoms. The topological polar surface area (TPSA) is 120 Å². The largest absolute Gasteiger partial charge is 0.573 e. The quantitative estimate of drug-likeness (QED) is 0.393. The first-order chi connectivity index (χ1) is 16.5. The van der Waals surface area contributed by atoms with Crippen LogP contribution in [0.2, 0.25) is 0 Å². The Hall–Kier alpha value is -3.77. The second kappa shape index (κ2) is 10.7. The number of nitrogens with one attached hydrogen (secondary N) is 2. The van der Waals surface area contributed by atoms with Crippen molar-refractivity contribution < 1.29 is 35.9 Å². The fraction of sp³-hybridized carbons (Fsp3) is 0.174. The highest BCUT2D eigenvalue weighted by atomic mass is 32.2. The van der Waals surface area contributed by atoms with Crippen LogP contribution < -0.4 is 25.2 Å². The van der Waals surface area contributed by atoms with Crippen molar-refractivity contribution in [3.05, 3.63) is 78.4 Å². The maximum atomic E-state index is 13.0. The summed E-state index contributed by atoms with van der Waals surface area (Å²) in [6.45, 7) is 1.75. The lowest BCUT2D eigenvalue weighted by atomic mass is 10.1. The van der Waals surface area contributed by atoms with Crippen LogP contribution in [-0.4, -0.2) is 27.3 Å². The van der Waals surface area contributed by atoms with Crippen LogP contribution in [0.25, 0.3) is 0 Å². The van der Waals surface area contributed by atoms with Gasteiger partial charge in [0, 0.05) is 17.8 Å². The molecule has 0 saturated carbocycles. The normalized spacial score (nSPS) is 12.5. The molecule has 12 heteroatoms. The summed E-state index contributed by atoms with van der Waals surface area (Å²) in [5.41, 5.74) is 6.67. The third kappa shape index (κ3) is 7.11. The number of amides is 1. The van der Waals surface area contributed by atoms with Gasteiger partial charge in [0.2, 0.25) is 5.91 Å². The SMILES string of the molecule is CCOc1cc(NC(=O)[C@@H](N)c2ccccc2)ccc1S(=O)(=O)Nc1cccc(OC(F)(F)F)c1. The van der Waals surface area contributed by atoms with Crippen LogP contribution >= 0.6 is 0 Å². The molecule has 0 saturated heterocycles. The van der Waals surface area contributed by atoms with E-state index in [1.165, 1.54) is 30.3 Å². The van der Waals surface area contributed by atoms with E-state index >= 15 is 0 Å². The third-order valence-corrected chi connectivity index (χ3v) is 5.98. The van der Waals surface area contributed by atoms with E-state index in [9.17, 15) is 26.4 Å². The lowest BCUT2D eigenvalue weighted by Crippen LogP contribution is -2.27. The molecular formula is C23H22F3N3O5S. The van der Waals surface area contributed by atoms with Gasteiger partial charge in [-0.15, -0.1) is 13.2 Å². The van der Waals surface area contributed by atoms with E-state index < -0.39 is 34.1 Å². The molecule has 0 bridgehead atoms. The van der Waals surface area contributed by atoms with E-state index in [0.717, 1.165) is 12.1 Å². The minimum atomic E-state index is -4.93. The molecule has 186 valence electrons. The second-order valence-corrected chi connectivity index (χ2v) is 8.80. The van der Waals surface area contributed by atoms with Crippen molar-refractivity contribution >= 4 is 27.3 Å². The van der Waals surface area contributed by atoms with Crippen molar-refractivity contribution in [3.8, 4) is 11.5 Å². The van der Waals surface area contributed by atoms with Crippen molar-refractivity contribution in [2.75, 3.05) is 16.6 Å². The number of halogens is 3. The van der Waals surface area contributed by atoms with Crippen LogP contribution in [0, 0.1) is 0 Å². The number of anilines is 2. The minimum absolute atomic E-state index is 0.0752. The van der Waals surface area contributed by atoms with Gasteiger partial charge in [0.15, 0.2) is 0 Å². The first-order valence-corrected chi connectivity index (χ1v) is 11.7. The number of sulfonamides is 1. The van der Waals surface area contributed by atoms with E-state index in [4.69, 9.17) is 10.5 Å². The molecular weight excluding hydrogens is 487 g/mol. The minimum Gasteiger partial charge on any atom is -0.492 e. The zero-order chi connectivity index (χ0) is 25.6. The molecule has 3 aromatic rings. The van der Waals surface area contributed by atoms with Gasteiger partial charge in [-0.25, -0.2) is 8.42 Å². The first-order valence-electron chi connectivity index (χ1n) is 10.3. The van der Waals surface area contributed by atoms with Crippen LogP contribution in [0.4, 0.5) is 24.5 Å². The molecule has 0 aliphatic carbocycles. The van der Waals surface area contributed by atoms with Crippen LogP contribution in [-0.2, 0) is 14.8 Å². The molecule has 1 atom stereocenters. The third-order valence-electron chi connectivity index (χ3n) is 4.56. The van der Waals surface area contributed by atoms with Gasteiger partial charge in [0.25, 0.3) is 10.0 Å². The summed E-state index contributed by atoms with van der Waals surface area (Å²) in [7, 11) is -4.28. The van der Waals surface area contributed by atoms with Crippen LogP contribution in [0.3, 0.4) is 0 Å². The summed E-state index contributed by atoms with van der Waals surface area (Å²) in [5.74, 6) is -1.18. The van der Waals surface area contributed by atoms with Gasteiger partial charge in [-0.1, -0.05) is 36.4 Å². The van der Waals surface area contributed by atoms with Gasteiger partial charge < -0.3 is 20.5 Å². The number of carbonyl (C=O) groups is 1. The standard InChI is InChI=1S/C23H22F3N3O5S/c1-2-33-19-14-16(28-22(30)21(27)15-7-4-3-5-8-15)11-12-20(19)35(31,32)29-17-9-6-10-18(13-17)34-23(24,25)26/h3-14,21,29H,2,27H2,1H3,(H,28,30)/t21-/m0/s1. The summed E-state index contributed by atoms with van der Waals surface area (Å²) >= 11 is 0. The molecule has 1 amide bonds. The van der Waals surface area contributed by atoms with Gasteiger partial charge in [-0.3, -0.25) is 9.52 Å². The molecule has 8 nitrogen and oxygen atoms in total. The van der Waals surface area contributed by atoms with E-state index in [1.54, 1.807) is 37.3 Å². The molecule has 0 aliphatic rings. The number of hydrogen-bond acceptors (Lipinski definition) is 6. The summed E-state index contributed by atoms with van der Waals surface area (Å²) in [4.78, 5) is 12.3. The van der Waals surface area contributed by atoms with E-state index in [0.29, 0.717) is 5.56 Å². The van der Waals surface area contributed by atoms with Gasteiger partial charge in [-0.05, 0) is 36.8 Å². The van der Waals surface area contributed by atoms with Gasteiger partial charge >= 0.3 is 6.36 Å². The lowest BCUT2D eigenvalue weighted by molar-refractivity contribution is -0.274. The highest BCUT2D eigenvalue weighted by Crippen LogP contribution is 2.31. The molecule has 3 rings (SSSR count). The Morgan fingerprint density at radius 3 is 2.37 bits per heavy atom. The van der Waals surface area contributed by atoms with Gasteiger partial charge in [0.1, 0.15) is 22.4 Å². The molecule has 4 N–H and O–H groups in total. The van der Waals surface area contributed by atoms with Crippen LogP contribution in [0.5, 0.6) is 11.5 Å². The van der Waals surface area contributed by atoms with Crippen molar-refractivity contribution in [2.45, 2.75) is 24.2 Å².